The number of aromatic nitrogens is 2. The lowest BCUT2D eigenvalue weighted by Gasteiger charge is -2.08. The van der Waals surface area contributed by atoms with Gasteiger partial charge in [-0.15, -0.1) is 0 Å². The van der Waals surface area contributed by atoms with Crippen molar-refractivity contribution in [3.05, 3.63) is 45.9 Å². The van der Waals surface area contributed by atoms with Crippen molar-refractivity contribution < 1.29 is 14.3 Å². The van der Waals surface area contributed by atoms with Gasteiger partial charge in [0, 0.05) is 5.69 Å². The molecule has 0 bridgehead atoms. The van der Waals surface area contributed by atoms with Crippen molar-refractivity contribution in [3.63, 3.8) is 0 Å². The number of amidine groups is 1. The largest absolute Gasteiger partial charge is 0.423 e. The predicted octanol–water partition coefficient (Wildman–Crippen LogP) is 2.57. The molecule has 0 atom stereocenters. The number of halogens is 2. The van der Waals surface area contributed by atoms with Gasteiger partial charge in [0.1, 0.15) is 17.3 Å². The summed E-state index contributed by atoms with van der Waals surface area (Å²) in [4.78, 5) is 8.07. The lowest BCUT2D eigenvalue weighted by molar-refractivity contribution is 0.318. The first-order valence-electron chi connectivity index (χ1n) is 5.46. The van der Waals surface area contributed by atoms with E-state index in [1.54, 1.807) is 13.0 Å². The van der Waals surface area contributed by atoms with Crippen LogP contribution in [0.4, 0.5) is 4.39 Å². The van der Waals surface area contributed by atoms with Crippen LogP contribution in [-0.2, 0) is 0 Å². The van der Waals surface area contributed by atoms with Crippen LogP contribution in [0.5, 0.6) is 11.8 Å². The number of aryl methyl sites for hydroxylation is 1. The zero-order valence-corrected chi connectivity index (χ0v) is 11.9. The average molecular weight is 341 g/mol. The van der Waals surface area contributed by atoms with E-state index < -0.39 is 5.82 Å². The van der Waals surface area contributed by atoms with Crippen LogP contribution in [0.1, 0.15) is 11.4 Å². The highest BCUT2D eigenvalue weighted by Crippen LogP contribution is 2.28. The quantitative estimate of drug-likeness (QED) is 0.387. The van der Waals surface area contributed by atoms with Gasteiger partial charge in [0.25, 0.3) is 0 Å². The number of oxime groups is 1. The molecule has 0 fully saturated rings. The first-order chi connectivity index (χ1) is 9.49. The van der Waals surface area contributed by atoms with Gasteiger partial charge in [-0.1, -0.05) is 5.16 Å². The molecular formula is C12H10BrFN4O2. The van der Waals surface area contributed by atoms with Gasteiger partial charge in [-0.2, -0.15) is 4.98 Å². The fourth-order valence-electron chi connectivity index (χ4n) is 1.43. The van der Waals surface area contributed by atoms with Crippen molar-refractivity contribution in [2.75, 3.05) is 0 Å². The Morgan fingerprint density at radius 1 is 1.40 bits per heavy atom. The Kier molecular flexibility index (Phi) is 4.14. The van der Waals surface area contributed by atoms with Gasteiger partial charge in [0.15, 0.2) is 5.84 Å². The molecule has 0 saturated heterocycles. The highest BCUT2D eigenvalue weighted by molar-refractivity contribution is 9.10. The summed E-state index contributed by atoms with van der Waals surface area (Å²) in [5.41, 5.74) is 6.28. The maximum absolute atomic E-state index is 13.0. The molecule has 2 rings (SSSR count). The molecule has 1 heterocycles. The number of hydrogen-bond donors (Lipinski definition) is 2. The summed E-state index contributed by atoms with van der Waals surface area (Å²) < 4.78 is 18.9. The molecule has 2 aromatic rings. The van der Waals surface area contributed by atoms with Gasteiger partial charge >= 0.3 is 6.01 Å². The van der Waals surface area contributed by atoms with Crippen LogP contribution >= 0.6 is 15.9 Å². The molecule has 104 valence electrons. The third-order valence-corrected chi connectivity index (χ3v) is 2.92. The molecule has 20 heavy (non-hydrogen) atoms. The summed E-state index contributed by atoms with van der Waals surface area (Å²) in [5, 5.41) is 11.5. The molecule has 3 N–H and O–H groups in total. The van der Waals surface area contributed by atoms with Gasteiger partial charge in [-0.05, 0) is 47.1 Å². The highest BCUT2D eigenvalue weighted by atomic mass is 79.9. The second-order valence-corrected chi connectivity index (χ2v) is 4.69. The molecule has 0 aliphatic heterocycles. The highest BCUT2D eigenvalue weighted by Gasteiger charge is 2.10. The standard InChI is InChI=1S/C12H10BrFN4O2/c1-6-4-9(11(15)18-19)17-12(16-6)20-10-3-2-7(14)5-8(10)13/h2-5,19H,1H3,(H2,15,18). The number of nitrogens with zero attached hydrogens (tertiary/aromatic N) is 3. The Morgan fingerprint density at radius 2 is 2.15 bits per heavy atom. The topological polar surface area (TPSA) is 93.6 Å². The number of benzene rings is 1. The summed E-state index contributed by atoms with van der Waals surface area (Å²) in [6.07, 6.45) is 0. The SMILES string of the molecule is Cc1cc(/C(N)=N/O)nc(Oc2ccc(F)cc2Br)n1. The van der Waals surface area contributed by atoms with Crippen molar-refractivity contribution in [1.82, 2.24) is 9.97 Å². The lowest BCUT2D eigenvalue weighted by atomic mass is 10.3. The molecule has 0 aliphatic rings. The van der Waals surface area contributed by atoms with Crippen molar-refractivity contribution in [1.29, 1.82) is 0 Å². The van der Waals surface area contributed by atoms with E-state index in [1.807, 2.05) is 0 Å². The van der Waals surface area contributed by atoms with Gasteiger partial charge < -0.3 is 15.7 Å². The first-order valence-corrected chi connectivity index (χ1v) is 6.25. The Bertz CT molecular complexity index is 679. The zero-order valence-electron chi connectivity index (χ0n) is 10.3. The number of nitrogens with two attached hydrogens (primary N) is 1. The van der Waals surface area contributed by atoms with E-state index in [9.17, 15) is 4.39 Å². The van der Waals surface area contributed by atoms with Gasteiger partial charge in [0.2, 0.25) is 0 Å². The monoisotopic (exact) mass is 340 g/mol. The minimum Gasteiger partial charge on any atom is -0.423 e. The van der Waals surface area contributed by atoms with Crippen LogP contribution in [-0.4, -0.2) is 21.0 Å². The molecule has 0 spiro atoms. The van der Waals surface area contributed by atoms with E-state index in [4.69, 9.17) is 15.7 Å². The summed E-state index contributed by atoms with van der Waals surface area (Å²) in [6, 6.07) is 5.50. The number of hydrogen-bond acceptors (Lipinski definition) is 5. The van der Waals surface area contributed by atoms with Crippen LogP contribution in [0.15, 0.2) is 33.9 Å². The van der Waals surface area contributed by atoms with Crippen LogP contribution in [0, 0.1) is 12.7 Å². The van der Waals surface area contributed by atoms with E-state index in [0.717, 1.165) is 0 Å². The van der Waals surface area contributed by atoms with Gasteiger partial charge in [-0.25, -0.2) is 9.37 Å². The normalized spacial score (nSPS) is 11.4. The van der Waals surface area contributed by atoms with E-state index >= 15 is 0 Å². The zero-order chi connectivity index (χ0) is 14.7. The molecule has 6 nitrogen and oxygen atoms in total. The van der Waals surface area contributed by atoms with E-state index in [0.29, 0.717) is 15.9 Å². The minimum atomic E-state index is -0.397. The number of ether oxygens (including phenoxy) is 1. The summed E-state index contributed by atoms with van der Waals surface area (Å²) in [6.45, 7) is 1.71. The summed E-state index contributed by atoms with van der Waals surface area (Å²) in [7, 11) is 0. The maximum Gasteiger partial charge on any atom is 0.322 e. The Hall–Kier alpha value is -2.22. The third kappa shape index (κ3) is 3.21. The molecule has 0 unspecified atom stereocenters. The predicted molar refractivity (Wildman–Crippen MR) is 73.5 cm³/mol. The van der Waals surface area contributed by atoms with Crippen molar-refractivity contribution in [3.8, 4) is 11.8 Å². The van der Waals surface area contributed by atoms with Crippen LogP contribution < -0.4 is 10.5 Å². The molecule has 0 radical (unpaired) electrons. The fourth-order valence-corrected chi connectivity index (χ4v) is 1.86. The van der Waals surface area contributed by atoms with E-state index in [2.05, 4.69) is 31.1 Å². The second kappa shape index (κ2) is 5.83. The van der Waals surface area contributed by atoms with Crippen LogP contribution in [0.3, 0.4) is 0 Å². The first kappa shape index (κ1) is 14.2. The maximum atomic E-state index is 13.0. The van der Waals surface area contributed by atoms with Gasteiger partial charge in [0.05, 0.1) is 4.47 Å². The average Bonchev–Trinajstić information content (AvgIpc) is 2.40. The lowest BCUT2D eigenvalue weighted by Crippen LogP contribution is -2.16. The molecule has 0 saturated carbocycles. The van der Waals surface area contributed by atoms with Crippen LogP contribution in [0.2, 0.25) is 0 Å². The molecule has 0 amide bonds. The molecule has 0 aliphatic carbocycles. The number of rotatable bonds is 3. The van der Waals surface area contributed by atoms with E-state index in [1.165, 1.54) is 18.2 Å². The Balaban J connectivity index is 2.36. The van der Waals surface area contributed by atoms with Crippen molar-refractivity contribution in [2.24, 2.45) is 10.9 Å². The fraction of sp³-hybridized carbons (Fsp3) is 0.0833. The molecule has 1 aromatic carbocycles. The third-order valence-electron chi connectivity index (χ3n) is 2.30. The summed E-state index contributed by atoms with van der Waals surface area (Å²) in [5.74, 6) is -0.201. The smallest absolute Gasteiger partial charge is 0.322 e. The second-order valence-electron chi connectivity index (χ2n) is 3.84. The molecular weight excluding hydrogens is 331 g/mol. The van der Waals surface area contributed by atoms with Crippen LogP contribution in [0.25, 0.3) is 0 Å². The van der Waals surface area contributed by atoms with Crippen molar-refractivity contribution >= 4 is 21.8 Å². The minimum absolute atomic E-state index is 0.0129. The molecule has 8 heteroatoms. The Morgan fingerprint density at radius 3 is 2.80 bits per heavy atom. The van der Waals surface area contributed by atoms with E-state index in [-0.39, 0.29) is 17.5 Å². The van der Waals surface area contributed by atoms with Crippen molar-refractivity contribution in [2.45, 2.75) is 6.92 Å². The summed E-state index contributed by atoms with van der Waals surface area (Å²) >= 11 is 3.18. The Labute approximate surface area is 122 Å². The molecule has 1 aromatic heterocycles. The van der Waals surface area contributed by atoms with Gasteiger partial charge in [-0.3, -0.25) is 0 Å².